The molecule has 3 N–H and O–H groups in total. The molecule has 0 bridgehead atoms. The second-order valence-corrected chi connectivity index (χ2v) is 6.36. The molecule has 0 aliphatic heterocycles. The van der Waals surface area contributed by atoms with Crippen LogP contribution in [0.4, 0.5) is 0 Å². The van der Waals surface area contributed by atoms with Crippen molar-refractivity contribution in [1.29, 1.82) is 0 Å². The Bertz CT molecular complexity index is 231. The lowest BCUT2D eigenvalue weighted by molar-refractivity contribution is -0.137. The maximum absolute atomic E-state index is 10.4. The van der Waals surface area contributed by atoms with Gasteiger partial charge in [0.25, 0.3) is 0 Å². The van der Waals surface area contributed by atoms with Crippen LogP contribution in [0.1, 0.15) is 96.8 Å². The summed E-state index contributed by atoms with van der Waals surface area (Å²) in [5, 5.41) is 8.55. The Kier molecular flexibility index (Phi) is 15.4. The number of carboxylic acid groups (broad SMARTS) is 1. The van der Waals surface area contributed by atoms with Crippen LogP contribution in [0.5, 0.6) is 0 Å². The lowest BCUT2D eigenvalue weighted by Gasteiger charge is -2.14. The van der Waals surface area contributed by atoms with Crippen molar-refractivity contribution in [2.75, 3.05) is 6.54 Å². The number of unbranched alkanes of at least 4 members (excludes halogenated alkanes) is 9. The van der Waals surface area contributed by atoms with E-state index in [1.165, 1.54) is 70.6 Å². The van der Waals surface area contributed by atoms with Gasteiger partial charge in [0.15, 0.2) is 0 Å². The SMILES string of the molecule is CCCCCCCC(CN)CCCCCCCCC(=O)O. The predicted molar refractivity (Wildman–Crippen MR) is 90.5 cm³/mol. The molecular weight excluding hydrogens is 262 g/mol. The third-order valence-electron chi connectivity index (χ3n) is 4.30. The molecule has 21 heavy (non-hydrogen) atoms. The zero-order valence-electron chi connectivity index (χ0n) is 14.1. The minimum atomic E-state index is -0.667. The molecule has 0 radical (unpaired) electrons. The lowest BCUT2D eigenvalue weighted by atomic mass is 9.94. The molecule has 0 fully saturated rings. The van der Waals surface area contributed by atoms with Crippen molar-refractivity contribution in [3.05, 3.63) is 0 Å². The van der Waals surface area contributed by atoms with Gasteiger partial charge >= 0.3 is 5.97 Å². The van der Waals surface area contributed by atoms with E-state index in [-0.39, 0.29) is 0 Å². The van der Waals surface area contributed by atoms with E-state index in [1.54, 1.807) is 0 Å². The highest BCUT2D eigenvalue weighted by Gasteiger charge is 2.06. The summed E-state index contributed by atoms with van der Waals surface area (Å²) in [6.07, 6.45) is 16.6. The maximum atomic E-state index is 10.4. The molecule has 1 atom stereocenters. The number of aliphatic carboxylic acids is 1. The Labute approximate surface area is 131 Å². The van der Waals surface area contributed by atoms with E-state index in [4.69, 9.17) is 10.8 Å². The predicted octanol–water partition coefficient (Wildman–Crippen LogP) is 5.13. The molecule has 0 aliphatic rings. The Hall–Kier alpha value is -0.570. The maximum Gasteiger partial charge on any atom is 0.303 e. The summed E-state index contributed by atoms with van der Waals surface area (Å²) in [4.78, 5) is 10.4. The monoisotopic (exact) mass is 299 g/mol. The van der Waals surface area contributed by atoms with Crippen LogP contribution in [0.2, 0.25) is 0 Å². The van der Waals surface area contributed by atoms with E-state index < -0.39 is 5.97 Å². The standard InChI is InChI=1S/C18H37NO2/c1-2-3-4-7-10-13-17(16-19)14-11-8-5-6-9-12-15-18(20)21/h17H,2-16,19H2,1H3,(H,20,21). The van der Waals surface area contributed by atoms with Gasteiger partial charge < -0.3 is 10.8 Å². The molecule has 0 aromatic rings. The fourth-order valence-electron chi connectivity index (χ4n) is 2.83. The molecule has 0 saturated heterocycles. The van der Waals surface area contributed by atoms with Crippen LogP contribution < -0.4 is 5.73 Å². The highest BCUT2D eigenvalue weighted by molar-refractivity contribution is 5.66. The summed E-state index contributed by atoms with van der Waals surface area (Å²) in [6.45, 7) is 3.09. The highest BCUT2D eigenvalue weighted by atomic mass is 16.4. The fourth-order valence-corrected chi connectivity index (χ4v) is 2.83. The zero-order valence-corrected chi connectivity index (χ0v) is 14.1. The number of hydrogen-bond acceptors (Lipinski definition) is 2. The van der Waals surface area contributed by atoms with E-state index in [0.29, 0.717) is 6.42 Å². The summed E-state index contributed by atoms with van der Waals surface area (Å²) >= 11 is 0. The molecule has 0 heterocycles. The van der Waals surface area contributed by atoms with Gasteiger partial charge in [0.05, 0.1) is 0 Å². The van der Waals surface area contributed by atoms with Crippen molar-refractivity contribution in [3.8, 4) is 0 Å². The smallest absolute Gasteiger partial charge is 0.303 e. The van der Waals surface area contributed by atoms with E-state index in [1.807, 2.05) is 0 Å². The average molecular weight is 299 g/mol. The van der Waals surface area contributed by atoms with E-state index in [0.717, 1.165) is 25.3 Å². The molecule has 0 saturated carbocycles. The summed E-state index contributed by atoms with van der Waals surface area (Å²) in [6, 6.07) is 0. The van der Waals surface area contributed by atoms with Crippen LogP contribution in [0.3, 0.4) is 0 Å². The van der Waals surface area contributed by atoms with Crippen molar-refractivity contribution in [3.63, 3.8) is 0 Å². The molecule has 3 heteroatoms. The first-order valence-corrected chi connectivity index (χ1v) is 9.12. The average Bonchev–Trinajstić information content (AvgIpc) is 2.47. The van der Waals surface area contributed by atoms with Crippen molar-refractivity contribution in [2.45, 2.75) is 96.8 Å². The number of nitrogens with two attached hydrogens (primary N) is 1. The van der Waals surface area contributed by atoms with E-state index >= 15 is 0 Å². The molecule has 0 aromatic heterocycles. The number of hydrogen-bond donors (Lipinski definition) is 2. The van der Waals surface area contributed by atoms with Gasteiger partial charge in [-0.2, -0.15) is 0 Å². The van der Waals surface area contributed by atoms with Gasteiger partial charge in [0.2, 0.25) is 0 Å². The summed E-state index contributed by atoms with van der Waals surface area (Å²) in [7, 11) is 0. The number of carbonyl (C=O) groups is 1. The molecule has 0 spiro atoms. The Morgan fingerprint density at radius 2 is 1.33 bits per heavy atom. The Morgan fingerprint density at radius 1 is 0.857 bits per heavy atom. The molecule has 0 aromatic carbocycles. The van der Waals surface area contributed by atoms with Gasteiger partial charge in [-0.25, -0.2) is 0 Å². The second-order valence-electron chi connectivity index (χ2n) is 6.36. The van der Waals surface area contributed by atoms with Gasteiger partial charge in [-0.15, -0.1) is 0 Å². The van der Waals surface area contributed by atoms with Crippen molar-refractivity contribution in [2.24, 2.45) is 11.7 Å². The summed E-state index contributed by atoms with van der Waals surface area (Å²) < 4.78 is 0. The van der Waals surface area contributed by atoms with E-state index in [2.05, 4.69) is 6.92 Å². The van der Waals surface area contributed by atoms with Crippen LogP contribution in [-0.2, 0) is 4.79 Å². The van der Waals surface area contributed by atoms with Crippen molar-refractivity contribution in [1.82, 2.24) is 0 Å². The van der Waals surface area contributed by atoms with Gasteiger partial charge in [0.1, 0.15) is 0 Å². The third-order valence-corrected chi connectivity index (χ3v) is 4.30. The van der Waals surface area contributed by atoms with Gasteiger partial charge in [-0.05, 0) is 31.7 Å². The molecule has 126 valence electrons. The number of carboxylic acids is 1. The molecule has 0 amide bonds. The van der Waals surface area contributed by atoms with Crippen LogP contribution >= 0.6 is 0 Å². The Morgan fingerprint density at radius 3 is 1.81 bits per heavy atom. The fraction of sp³-hybridized carbons (Fsp3) is 0.944. The molecule has 3 nitrogen and oxygen atoms in total. The quantitative estimate of drug-likeness (QED) is 0.388. The normalized spacial score (nSPS) is 12.5. The molecule has 0 aliphatic carbocycles. The van der Waals surface area contributed by atoms with Gasteiger partial charge in [-0.3, -0.25) is 4.79 Å². The molecular formula is C18H37NO2. The van der Waals surface area contributed by atoms with Crippen LogP contribution in [-0.4, -0.2) is 17.6 Å². The summed E-state index contributed by atoms with van der Waals surface area (Å²) in [5.74, 6) is 0.0540. The first kappa shape index (κ1) is 20.4. The topological polar surface area (TPSA) is 63.3 Å². The molecule has 0 rings (SSSR count). The third kappa shape index (κ3) is 15.6. The second kappa shape index (κ2) is 15.8. The lowest BCUT2D eigenvalue weighted by Crippen LogP contribution is -2.14. The number of rotatable bonds is 16. The Balaban J connectivity index is 3.32. The minimum absolute atomic E-state index is 0.327. The molecule has 1 unspecified atom stereocenters. The first-order chi connectivity index (χ1) is 10.2. The van der Waals surface area contributed by atoms with Crippen molar-refractivity contribution >= 4 is 5.97 Å². The summed E-state index contributed by atoms with van der Waals surface area (Å²) in [5.41, 5.74) is 5.87. The van der Waals surface area contributed by atoms with Crippen molar-refractivity contribution < 1.29 is 9.90 Å². The van der Waals surface area contributed by atoms with Crippen LogP contribution in [0.15, 0.2) is 0 Å². The van der Waals surface area contributed by atoms with Crippen LogP contribution in [0.25, 0.3) is 0 Å². The zero-order chi connectivity index (χ0) is 15.8. The van der Waals surface area contributed by atoms with Gasteiger partial charge in [-0.1, -0.05) is 71.1 Å². The van der Waals surface area contributed by atoms with E-state index in [9.17, 15) is 4.79 Å². The first-order valence-electron chi connectivity index (χ1n) is 9.12. The minimum Gasteiger partial charge on any atom is -0.481 e. The van der Waals surface area contributed by atoms with Crippen LogP contribution in [0, 0.1) is 5.92 Å². The largest absolute Gasteiger partial charge is 0.481 e. The highest BCUT2D eigenvalue weighted by Crippen LogP contribution is 2.18. The van der Waals surface area contributed by atoms with Gasteiger partial charge in [0, 0.05) is 6.42 Å².